The van der Waals surface area contributed by atoms with Gasteiger partial charge in [-0.05, 0) is 88.7 Å². The summed E-state index contributed by atoms with van der Waals surface area (Å²) in [6.45, 7) is 12.0. The number of carbonyl (C=O) groups excluding carboxylic acids is 1. The van der Waals surface area contributed by atoms with Gasteiger partial charge >= 0.3 is 0 Å². The van der Waals surface area contributed by atoms with Gasteiger partial charge in [-0.2, -0.15) is 0 Å². The van der Waals surface area contributed by atoms with Crippen molar-refractivity contribution in [3.05, 3.63) is 52.6 Å². The standard InChI is InChI=1S/C23H32N4O/c1-15-9-21(10-16(2)25-15)11-20-7-6-8-27(14-20)18(4)22-12-23(26-19(5)28)17(3)24-13-22/h9-10,12-13,18,20H,6-8,11,14H2,1-5H3,(H,26,28)/t18?,20-/m1/s1. The first kappa shape index (κ1) is 20.5. The topological polar surface area (TPSA) is 58.1 Å². The van der Waals surface area contributed by atoms with Crippen molar-refractivity contribution < 1.29 is 4.79 Å². The number of hydrogen-bond donors (Lipinski definition) is 1. The number of hydrogen-bond acceptors (Lipinski definition) is 4. The molecule has 2 aromatic rings. The Morgan fingerprint density at radius 1 is 1.25 bits per heavy atom. The molecular weight excluding hydrogens is 348 g/mol. The van der Waals surface area contributed by atoms with Gasteiger partial charge in [0.05, 0.1) is 11.4 Å². The summed E-state index contributed by atoms with van der Waals surface area (Å²) in [6.07, 6.45) is 5.55. The molecule has 1 N–H and O–H groups in total. The molecule has 0 spiro atoms. The van der Waals surface area contributed by atoms with Gasteiger partial charge in [0.15, 0.2) is 0 Å². The van der Waals surface area contributed by atoms with Crippen LogP contribution in [0.25, 0.3) is 0 Å². The van der Waals surface area contributed by atoms with Gasteiger partial charge in [-0.15, -0.1) is 0 Å². The highest BCUT2D eigenvalue weighted by Crippen LogP contribution is 2.30. The maximum atomic E-state index is 11.5. The van der Waals surface area contributed by atoms with Gasteiger partial charge in [-0.25, -0.2) is 0 Å². The minimum absolute atomic E-state index is 0.0596. The lowest BCUT2D eigenvalue weighted by atomic mass is 9.90. The lowest BCUT2D eigenvalue weighted by Gasteiger charge is -2.37. The molecule has 2 aromatic heterocycles. The summed E-state index contributed by atoms with van der Waals surface area (Å²) < 4.78 is 0. The minimum atomic E-state index is -0.0596. The Labute approximate surface area is 168 Å². The molecule has 2 atom stereocenters. The summed E-state index contributed by atoms with van der Waals surface area (Å²) in [5.74, 6) is 0.598. The fraction of sp³-hybridized carbons (Fsp3) is 0.522. The van der Waals surface area contributed by atoms with E-state index in [9.17, 15) is 4.79 Å². The Balaban J connectivity index is 1.70. The molecule has 150 valence electrons. The molecule has 3 rings (SSSR count). The number of nitrogens with zero attached hydrogens (tertiary/aromatic N) is 3. The summed E-state index contributed by atoms with van der Waals surface area (Å²) in [6, 6.07) is 6.80. The number of amides is 1. The molecule has 0 aliphatic carbocycles. The fourth-order valence-corrected chi connectivity index (χ4v) is 4.29. The third kappa shape index (κ3) is 5.16. The largest absolute Gasteiger partial charge is 0.325 e. The van der Waals surface area contributed by atoms with Gasteiger partial charge in [0.2, 0.25) is 5.91 Å². The van der Waals surface area contributed by atoms with Crippen LogP contribution in [0.15, 0.2) is 24.4 Å². The second-order valence-electron chi connectivity index (χ2n) is 8.22. The number of piperidine rings is 1. The lowest BCUT2D eigenvalue weighted by Crippen LogP contribution is -2.38. The third-order valence-electron chi connectivity index (χ3n) is 5.66. The zero-order chi connectivity index (χ0) is 20.3. The van der Waals surface area contributed by atoms with Crippen molar-refractivity contribution in [2.24, 2.45) is 5.92 Å². The van der Waals surface area contributed by atoms with Crippen LogP contribution in [0.4, 0.5) is 5.69 Å². The van der Waals surface area contributed by atoms with Crippen molar-refractivity contribution in [2.45, 2.75) is 59.9 Å². The summed E-state index contributed by atoms with van der Waals surface area (Å²) in [5, 5.41) is 2.90. The van der Waals surface area contributed by atoms with Gasteiger partial charge < -0.3 is 5.32 Å². The zero-order valence-electron chi connectivity index (χ0n) is 17.7. The maximum Gasteiger partial charge on any atom is 0.221 e. The number of aromatic nitrogens is 2. The molecule has 1 fully saturated rings. The minimum Gasteiger partial charge on any atom is -0.325 e. The molecule has 1 unspecified atom stereocenters. The van der Waals surface area contributed by atoms with E-state index in [0.717, 1.165) is 47.8 Å². The molecule has 0 bridgehead atoms. The monoisotopic (exact) mass is 380 g/mol. The van der Waals surface area contributed by atoms with Crippen LogP contribution in [0.5, 0.6) is 0 Å². The molecule has 1 aliphatic rings. The van der Waals surface area contributed by atoms with Gasteiger partial charge in [-0.1, -0.05) is 0 Å². The van der Waals surface area contributed by atoms with E-state index in [4.69, 9.17) is 0 Å². The summed E-state index contributed by atoms with van der Waals surface area (Å²) >= 11 is 0. The molecule has 1 aliphatic heterocycles. The Bertz CT molecular complexity index is 828. The Kier molecular flexibility index (Phi) is 6.45. The van der Waals surface area contributed by atoms with Gasteiger partial charge in [-0.3, -0.25) is 19.7 Å². The second-order valence-corrected chi connectivity index (χ2v) is 8.22. The zero-order valence-corrected chi connectivity index (χ0v) is 17.7. The summed E-state index contributed by atoms with van der Waals surface area (Å²) in [7, 11) is 0. The molecule has 28 heavy (non-hydrogen) atoms. The predicted octanol–water partition coefficient (Wildman–Crippen LogP) is 4.38. The number of rotatable bonds is 5. The van der Waals surface area contributed by atoms with Crippen molar-refractivity contribution in [1.29, 1.82) is 0 Å². The molecule has 3 heterocycles. The van der Waals surface area contributed by atoms with E-state index in [1.54, 1.807) is 0 Å². The molecule has 5 nitrogen and oxygen atoms in total. The average molecular weight is 381 g/mol. The van der Waals surface area contributed by atoms with Gasteiger partial charge in [0.1, 0.15) is 0 Å². The van der Waals surface area contributed by atoms with Crippen molar-refractivity contribution in [3.8, 4) is 0 Å². The van der Waals surface area contributed by atoms with Crippen molar-refractivity contribution >= 4 is 11.6 Å². The highest BCUT2D eigenvalue weighted by Gasteiger charge is 2.25. The first-order valence-corrected chi connectivity index (χ1v) is 10.2. The number of anilines is 1. The first-order chi connectivity index (χ1) is 13.3. The molecular formula is C23H32N4O. The van der Waals surface area contributed by atoms with Crippen molar-refractivity contribution in [3.63, 3.8) is 0 Å². The Hall–Kier alpha value is -2.27. The normalized spacial score (nSPS) is 18.7. The summed E-state index contributed by atoms with van der Waals surface area (Å²) in [4.78, 5) is 23.0. The molecule has 0 radical (unpaired) electrons. The van der Waals surface area contributed by atoms with Crippen LogP contribution in [-0.4, -0.2) is 33.9 Å². The van der Waals surface area contributed by atoms with Crippen LogP contribution in [0.3, 0.4) is 0 Å². The van der Waals surface area contributed by atoms with Crippen LogP contribution in [0.1, 0.15) is 60.9 Å². The molecule has 0 saturated carbocycles. The molecule has 5 heteroatoms. The average Bonchev–Trinajstić information content (AvgIpc) is 2.62. The van der Waals surface area contributed by atoms with Crippen molar-refractivity contribution in [2.75, 3.05) is 18.4 Å². The first-order valence-electron chi connectivity index (χ1n) is 10.2. The number of pyridine rings is 2. The van der Waals surface area contributed by atoms with E-state index in [1.165, 1.54) is 25.3 Å². The van der Waals surface area contributed by atoms with Gasteiger partial charge in [0, 0.05) is 37.1 Å². The van der Waals surface area contributed by atoms with E-state index < -0.39 is 0 Å². The number of carbonyl (C=O) groups is 1. The van der Waals surface area contributed by atoms with E-state index in [-0.39, 0.29) is 11.9 Å². The quantitative estimate of drug-likeness (QED) is 0.836. The smallest absolute Gasteiger partial charge is 0.221 e. The molecule has 0 aromatic carbocycles. The Morgan fingerprint density at radius 3 is 2.64 bits per heavy atom. The number of aryl methyl sites for hydroxylation is 3. The van der Waals surface area contributed by atoms with E-state index >= 15 is 0 Å². The van der Waals surface area contributed by atoms with Gasteiger partial charge in [0.25, 0.3) is 0 Å². The van der Waals surface area contributed by atoms with Crippen LogP contribution in [0, 0.1) is 26.7 Å². The van der Waals surface area contributed by atoms with Crippen LogP contribution in [-0.2, 0) is 11.2 Å². The van der Waals surface area contributed by atoms with E-state index in [0.29, 0.717) is 5.92 Å². The maximum absolute atomic E-state index is 11.5. The summed E-state index contributed by atoms with van der Waals surface area (Å²) in [5.41, 5.74) is 6.43. The molecule has 1 saturated heterocycles. The van der Waals surface area contributed by atoms with E-state index in [1.807, 2.05) is 13.1 Å². The van der Waals surface area contributed by atoms with Crippen LogP contribution < -0.4 is 5.32 Å². The number of nitrogens with one attached hydrogen (secondary N) is 1. The van der Waals surface area contributed by atoms with Crippen LogP contribution >= 0.6 is 0 Å². The van der Waals surface area contributed by atoms with E-state index in [2.05, 4.69) is 59.2 Å². The second kappa shape index (κ2) is 8.82. The number of likely N-dealkylation sites (tertiary alicyclic amines) is 1. The van der Waals surface area contributed by atoms with Crippen LogP contribution in [0.2, 0.25) is 0 Å². The lowest BCUT2D eigenvalue weighted by molar-refractivity contribution is -0.114. The Morgan fingerprint density at radius 2 is 1.96 bits per heavy atom. The highest BCUT2D eigenvalue weighted by molar-refractivity contribution is 5.89. The third-order valence-corrected chi connectivity index (χ3v) is 5.66. The van der Waals surface area contributed by atoms with Crippen molar-refractivity contribution in [1.82, 2.24) is 14.9 Å². The molecule has 1 amide bonds. The highest BCUT2D eigenvalue weighted by atomic mass is 16.1. The fourth-order valence-electron chi connectivity index (χ4n) is 4.29. The SMILES string of the molecule is CC(=O)Nc1cc(C(C)N2CCC[C@H](Cc3cc(C)nc(C)c3)C2)cnc1C. The predicted molar refractivity (Wildman–Crippen MR) is 113 cm³/mol.